The molecule has 0 radical (unpaired) electrons. The third-order valence-electron chi connectivity index (χ3n) is 1.84. The first-order valence-electron chi connectivity index (χ1n) is 4.07. The number of carbonyl (C=O) groups is 2. The van der Waals surface area contributed by atoms with E-state index in [2.05, 4.69) is 4.74 Å². The van der Waals surface area contributed by atoms with Crippen molar-refractivity contribution < 1.29 is 14.3 Å². The monoisotopic (exact) mass is 220 g/mol. The Kier molecular flexibility index (Phi) is 3.21. The van der Waals surface area contributed by atoms with Gasteiger partial charge in [-0.15, -0.1) is 0 Å². The Bertz CT molecular complexity index is 264. The van der Waals surface area contributed by atoms with E-state index in [9.17, 15) is 9.59 Å². The van der Waals surface area contributed by atoms with E-state index in [1.165, 1.54) is 0 Å². The average Bonchev–Trinajstić information content (AvgIpc) is 2.24. The minimum Gasteiger partial charge on any atom is -0.381 e. The van der Waals surface area contributed by atoms with Crippen molar-refractivity contribution in [2.45, 2.75) is 0 Å². The minimum atomic E-state index is -0.877. The molecule has 0 N–H and O–H groups in total. The molecule has 0 aromatic rings. The Morgan fingerprint density at radius 3 is 1.38 bits per heavy atom. The molecule has 0 unspecified atom stereocenters. The van der Waals surface area contributed by atoms with Gasteiger partial charge in [0.1, 0.15) is 0 Å². The van der Waals surface area contributed by atoms with Gasteiger partial charge in [-0.05, 0) is 0 Å². The summed E-state index contributed by atoms with van der Waals surface area (Å²) in [4.78, 5) is 22.6. The van der Waals surface area contributed by atoms with Gasteiger partial charge in [0.25, 0.3) is 0 Å². The number of carbonyl (C=O) groups excluding carboxylic acids is 2. The SMILES string of the molecule is C[PH+](C)C1=C([PH+](C)C)C(=O)OC1=O. The van der Waals surface area contributed by atoms with E-state index in [-0.39, 0.29) is 0 Å². The highest BCUT2D eigenvalue weighted by Crippen LogP contribution is 2.52. The summed E-state index contributed by atoms with van der Waals surface area (Å²) < 4.78 is 4.61. The number of hydrogen-bond donors (Lipinski definition) is 0. The molecule has 0 aromatic heterocycles. The minimum absolute atomic E-state index is 0.398. The van der Waals surface area contributed by atoms with Gasteiger partial charge in [0.05, 0.1) is 26.7 Å². The predicted octanol–water partition coefficient (Wildman–Crippen LogP) is 1.23. The summed E-state index contributed by atoms with van der Waals surface area (Å²) in [5.41, 5.74) is 0. The van der Waals surface area contributed by atoms with Crippen LogP contribution in [0.4, 0.5) is 0 Å². The first-order valence-corrected chi connectivity index (χ1v) is 9.07. The molecule has 1 heterocycles. The zero-order valence-electron chi connectivity index (χ0n) is 8.22. The van der Waals surface area contributed by atoms with Crippen LogP contribution in [0.15, 0.2) is 10.6 Å². The van der Waals surface area contributed by atoms with Gasteiger partial charge >= 0.3 is 11.9 Å². The van der Waals surface area contributed by atoms with Crippen LogP contribution in [0.3, 0.4) is 0 Å². The van der Waals surface area contributed by atoms with Crippen molar-refractivity contribution >= 4 is 27.8 Å². The molecule has 0 bridgehead atoms. The second-order valence-corrected chi connectivity index (χ2v) is 8.43. The summed E-state index contributed by atoms with van der Waals surface area (Å²) >= 11 is 0. The molecule has 0 fully saturated rings. The van der Waals surface area contributed by atoms with E-state index < -0.39 is 27.8 Å². The quantitative estimate of drug-likeness (QED) is 0.399. The first-order chi connectivity index (χ1) is 5.95. The zero-order valence-corrected chi connectivity index (χ0v) is 10.2. The fraction of sp³-hybridized carbons (Fsp3) is 0.500. The fourth-order valence-corrected chi connectivity index (χ4v) is 4.92. The molecule has 1 rings (SSSR count). The standard InChI is InChI=1S/C8H12O3P2/c1-12(2)5-6(13(3)4)8(10)11-7(5)9/h1-4H3/p+2. The molecule has 13 heavy (non-hydrogen) atoms. The van der Waals surface area contributed by atoms with E-state index in [0.717, 1.165) is 0 Å². The highest BCUT2D eigenvalue weighted by molar-refractivity contribution is 7.66. The van der Waals surface area contributed by atoms with Crippen molar-refractivity contribution in [3.8, 4) is 0 Å². The molecule has 0 atom stereocenters. The van der Waals surface area contributed by atoms with E-state index >= 15 is 0 Å². The van der Waals surface area contributed by atoms with Crippen molar-refractivity contribution in [2.24, 2.45) is 0 Å². The number of rotatable bonds is 2. The van der Waals surface area contributed by atoms with Crippen LogP contribution < -0.4 is 0 Å². The van der Waals surface area contributed by atoms with E-state index in [0.29, 0.717) is 10.6 Å². The molecule has 0 saturated heterocycles. The van der Waals surface area contributed by atoms with Crippen molar-refractivity contribution in [1.82, 2.24) is 0 Å². The number of esters is 2. The first kappa shape index (κ1) is 10.8. The molecule has 3 nitrogen and oxygen atoms in total. The molecule has 0 spiro atoms. The van der Waals surface area contributed by atoms with Gasteiger partial charge in [0.15, 0.2) is 0 Å². The predicted molar refractivity (Wildman–Crippen MR) is 58.5 cm³/mol. The molecule has 5 heteroatoms. The molecule has 0 aliphatic carbocycles. The van der Waals surface area contributed by atoms with Crippen LogP contribution in [-0.2, 0) is 14.3 Å². The van der Waals surface area contributed by atoms with Gasteiger partial charge in [-0.25, -0.2) is 9.59 Å². The Morgan fingerprint density at radius 1 is 0.846 bits per heavy atom. The lowest BCUT2D eigenvalue weighted by molar-refractivity contribution is -0.150. The molecule has 1 aliphatic rings. The van der Waals surface area contributed by atoms with Crippen LogP contribution in [-0.4, -0.2) is 38.6 Å². The Hall–Kier alpha value is -0.260. The Morgan fingerprint density at radius 2 is 1.15 bits per heavy atom. The smallest absolute Gasteiger partial charge is 0.381 e. The van der Waals surface area contributed by atoms with E-state index in [1.807, 2.05) is 26.7 Å². The molecule has 72 valence electrons. The van der Waals surface area contributed by atoms with Gasteiger partial charge < -0.3 is 4.74 Å². The molecule has 1 aliphatic heterocycles. The van der Waals surface area contributed by atoms with Gasteiger partial charge in [0.2, 0.25) is 10.6 Å². The van der Waals surface area contributed by atoms with Crippen LogP contribution in [0.1, 0.15) is 0 Å². The van der Waals surface area contributed by atoms with E-state index in [1.54, 1.807) is 0 Å². The van der Waals surface area contributed by atoms with E-state index in [4.69, 9.17) is 0 Å². The molecular weight excluding hydrogens is 206 g/mol. The summed E-state index contributed by atoms with van der Waals surface area (Å²) in [5.74, 6) is -0.796. The van der Waals surface area contributed by atoms with Crippen LogP contribution in [0.5, 0.6) is 0 Å². The summed E-state index contributed by atoms with van der Waals surface area (Å²) in [6, 6.07) is 0. The maximum atomic E-state index is 11.3. The largest absolute Gasteiger partial charge is 0.385 e. The van der Waals surface area contributed by atoms with Crippen LogP contribution in [0.25, 0.3) is 0 Å². The lowest BCUT2D eigenvalue weighted by Gasteiger charge is -1.96. The van der Waals surface area contributed by atoms with Gasteiger partial charge in [0, 0.05) is 15.8 Å². The second kappa shape index (κ2) is 3.86. The summed E-state index contributed by atoms with van der Waals surface area (Å²) in [6.07, 6.45) is 0. The summed E-state index contributed by atoms with van der Waals surface area (Å²) in [7, 11) is -1.75. The van der Waals surface area contributed by atoms with Crippen molar-refractivity contribution in [3.63, 3.8) is 0 Å². The third kappa shape index (κ3) is 1.98. The third-order valence-corrected chi connectivity index (χ3v) is 5.00. The second-order valence-electron chi connectivity index (χ2n) is 3.43. The van der Waals surface area contributed by atoms with Crippen LogP contribution in [0.2, 0.25) is 0 Å². The van der Waals surface area contributed by atoms with Gasteiger partial charge in [-0.3, -0.25) is 0 Å². The number of ether oxygens (including phenoxy) is 1. The average molecular weight is 220 g/mol. The molecular formula is C8H14O3P2+2. The highest BCUT2D eigenvalue weighted by atomic mass is 31.1. The Balaban J connectivity index is 3.18. The highest BCUT2D eigenvalue weighted by Gasteiger charge is 2.44. The maximum Gasteiger partial charge on any atom is 0.385 e. The maximum absolute atomic E-state index is 11.3. The summed E-state index contributed by atoms with van der Waals surface area (Å²) in [5, 5.41) is 1.38. The molecule has 0 saturated carbocycles. The zero-order chi connectivity index (χ0) is 10.2. The number of hydrogen-bond acceptors (Lipinski definition) is 3. The van der Waals surface area contributed by atoms with Crippen molar-refractivity contribution in [3.05, 3.63) is 10.6 Å². The number of cyclic esters (lactones) is 2. The normalized spacial score (nSPS) is 17.7. The van der Waals surface area contributed by atoms with Gasteiger partial charge in [-0.1, -0.05) is 0 Å². The van der Waals surface area contributed by atoms with Crippen LogP contribution in [0, 0.1) is 0 Å². The van der Waals surface area contributed by atoms with Crippen LogP contribution >= 0.6 is 15.8 Å². The molecule has 0 aromatic carbocycles. The van der Waals surface area contributed by atoms with Crippen molar-refractivity contribution in [1.29, 1.82) is 0 Å². The lowest BCUT2D eigenvalue weighted by atomic mass is 10.5. The topological polar surface area (TPSA) is 43.4 Å². The van der Waals surface area contributed by atoms with Crippen molar-refractivity contribution in [2.75, 3.05) is 26.7 Å². The van der Waals surface area contributed by atoms with Gasteiger partial charge in [-0.2, -0.15) is 0 Å². The molecule has 0 amide bonds. The summed E-state index contributed by atoms with van der Waals surface area (Å²) in [6.45, 7) is 8.02. The lowest BCUT2D eigenvalue weighted by Crippen LogP contribution is -2.01. The fourth-order valence-electron chi connectivity index (χ4n) is 1.30. The Labute approximate surface area is 80.0 Å².